The van der Waals surface area contributed by atoms with Crippen molar-refractivity contribution in [1.29, 1.82) is 0 Å². The first-order valence-electron chi connectivity index (χ1n) is 5.87. The normalized spacial score (nSPS) is 11.6. The smallest absolute Gasteiger partial charge is 0.211 e. The van der Waals surface area contributed by atoms with Gasteiger partial charge in [0.2, 0.25) is 5.13 Å². The molecule has 0 aliphatic carbocycles. The van der Waals surface area contributed by atoms with Crippen molar-refractivity contribution < 1.29 is 4.39 Å². The van der Waals surface area contributed by atoms with Crippen LogP contribution in [-0.2, 0) is 6.54 Å². The standard InChI is InChI=1S/C12H16FN5S/c1-12(2,3)15-6-8-4-5-14-10(9(8)13)17-11-18-16-7-19-11/h4-5,7,15H,6H2,1-3H3,(H,14,17,18). The molecule has 0 aromatic carbocycles. The zero-order valence-electron chi connectivity index (χ0n) is 11.1. The zero-order valence-corrected chi connectivity index (χ0v) is 11.9. The Balaban J connectivity index is 2.13. The van der Waals surface area contributed by atoms with Crippen LogP contribution in [0, 0.1) is 5.82 Å². The molecule has 0 aliphatic heterocycles. The van der Waals surface area contributed by atoms with E-state index in [4.69, 9.17) is 0 Å². The van der Waals surface area contributed by atoms with Crippen molar-refractivity contribution in [3.05, 3.63) is 29.2 Å². The first-order valence-corrected chi connectivity index (χ1v) is 6.75. The minimum absolute atomic E-state index is 0.0669. The van der Waals surface area contributed by atoms with E-state index in [1.54, 1.807) is 17.8 Å². The minimum atomic E-state index is -0.366. The highest BCUT2D eigenvalue weighted by Gasteiger charge is 2.14. The maximum absolute atomic E-state index is 14.2. The van der Waals surface area contributed by atoms with Gasteiger partial charge in [-0.2, -0.15) is 0 Å². The third-order valence-corrected chi connectivity index (χ3v) is 2.97. The molecule has 0 radical (unpaired) electrons. The lowest BCUT2D eigenvalue weighted by Gasteiger charge is -2.21. The number of hydrogen-bond acceptors (Lipinski definition) is 6. The van der Waals surface area contributed by atoms with E-state index in [9.17, 15) is 4.39 Å². The van der Waals surface area contributed by atoms with Crippen molar-refractivity contribution in [2.24, 2.45) is 0 Å². The van der Waals surface area contributed by atoms with E-state index in [-0.39, 0.29) is 17.2 Å². The topological polar surface area (TPSA) is 62.7 Å². The predicted octanol–water partition coefficient (Wildman–Crippen LogP) is 2.70. The fourth-order valence-corrected chi connectivity index (χ4v) is 1.84. The molecular formula is C12H16FN5S. The molecule has 5 nitrogen and oxygen atoms in total. The Hall–Kier alpha value is -1.60. The molecular weight excluding hydrogens is 265 g/mol. The largest absolute Gasteiger partial charge is 0.312 e. The van der Waals surface area contributed by atoms with Crippen LogP contribution in [0.15, 0.2) is 17.8 Å². The Kier molecular flexibility index (Phi) is 4.06. The zero-order chi connectivity index (χ0) is 13.9. The first kappa shape index (κ1) is 13.8. The predicted molar refractivity (Wildman–Crippen MR) is 74.0 cm³/mol. The molecule has 2 rings (SSSR count). The van der Waals surface area contributed by atoms with Gasteiger partial charge in [0.05, 0.1) is 0 Å². The average Bonchev–Trinajstić information content (AvgIpc) is 2.82. The number of hydrogen-bond donors (Lipinski definition) is 2. The van der Waals surface area contributed by atoms with Crippen molar-refractivity contribution in [3.8, 4) is 0 Å². The molecule has 0 atom stereocenters. The summed E-state index contributed by atoms with van der Waals surface area (Å²) in [5.74, 6) is -0.195. The Morgan fingerprint density at radius 1 is 1.37 bits per heavy atom. The van der Waals surface area contributed by atoms with E-state index in [2.05, 4.69) is 25.8 Å². The first-order chi connectivity index (χ1) is 8.96. The highest BCUT2D eigenvalue weighted by molar-refractivity contribution is 7.13. The van der Waals surface area contributed by atoms with Crippen LogP contribution in [0.2, 0.25) is 0 Å². The van der Waals surface area contributed by atoms with Gasteiger partial charge in [0, 0.05) is 23.8 Å². The second kappa shape index (κ2) is 5.58. The lowest BCUT2D eigenvalue weighted by Crippen LogP contribution is -2.35. The number of nitrogens with one attached hydrogen (secondary N) is 2. The van der Waals surface area contributed by atoms with Crippen molar-refractivity contribution in [1.82, 2.24) is 20.5 Å². The summed E-state index contributed by atoms with van der Waals surface area (Å²) in [5.41, 5.74) is 2.07. The molecule has 19 heavy (non-hydrogen) atoms. The van der Waals surface area contributed by atoms with Crippen molar-refractivity contribution in [2.45, 2.75) is 32.9 Å². The molecule has 0 bridgehead atoms. The van der Waals surface area contributed by atoms with Gasteiger partial charge >= 0.3 is 0 Å². The van der Waals surface area contributed by atoms with E-state index >= 15 is 0 Å². The van der Waals surface area contributed by atoms with Crippen LogP contribution in [-0.4, -0.2) is 20.7 Å². The molecule has 2 heterocycles. The molecule has 2 aromatic rings. The summed E-state index contributed by atoms with van der Waals surface area (Å²) in [4.78, 5) is 3.98. The molecule has 0 aliphatic rings. The summed E-state index contributed by atoms with van der Waals surface area (Å²) >= 11 is 1.29. The molecule has 0 amide bonds. The number of pyridine rings is 1. The lowest BCUT2D eigenvalue weighted by molar-refractivity contribution is 0.418. The van der Waals surface area contributed by atoms with Crippen LogP contribution in [0.4, 0.5) is 15.3 Å². The van der Waals surface area contributed by atoms with Crippen LogP contribution < -0.4 is 10.6 Å². The Labute approximate surface area is 115 Å². The molecule has 2 aromatic heterocycles. The van der Waals surface area contributed by atoms with Crippen molar-refractivity contribution in [3.63, 3.8) is 0 Å². The molecule has 102 valence electrons. The fraction of sp³-hybridized carbons (Fsp3) is 0.417. The Bertz CT molecular complexity index is 536. The van der Waals surface area contributed by atoms with Crippen molar-refractivity contribution >= 4 is 22.3 Å². The second-order valence-electron chi connectivity index (χ2n) is 5.11. The van der Waals surface area contributed by atoms with E-state index in [1.165, 1.54) is 11.3 Å². The molecule has 0 unspecified atom stereocenters. The number of rotatable bonds is 4. The summed E-state index contributed by atoms with van der Waals surface area (Å²) in [7, 11) is 0. The number of halogens is 1. The van der Waals surface area contributed by atoms with E-state index in [0.717, 1.165) is 0 Å². The van der Waals surface area contributed by atoms with Gasteiger partial charge < -0.3 is 10.6 Å². The molecule has 7 heteroatoms. The number of anilines is 2. The molecule has 0 saturated carbocycles. The van der Waals surface area contributed by atoms with Crippen LogP contribution in [0.1, 0.15) is 26.3 Å². The second-order valence-corrected chi connectivity index (χ2v) is 5.94. The van der Waals surface area contributed by atoms with Gasteiger partial charge in [-0.1, -0.05) is 11.3 Å². The summed E-state index contributed by atoms with van der Waals surface area (Å²) in [6, 6.07) is 1.67. The number of nitrogens with zero attached hydrogens (tertiary/aromatic N) is 3. The lowest BCUT2D eigenvalue weighted by atomic mass is 10.1. The van der Waals surface area contributed by atoms with Crippen LogP contribution in [0.25, 0.3) is 0 Å². The molecule has 0 fully saturated rings. The summed E-state index contributed by atoms with van der Waals surface area (Å²) in [6.45, 7) is 6.55. The van der Waals surface area contributed by atoms with Gasteiger partial charge in [-0.3, -0.25) is 0 Å². The Morgan fingerprint density at radius 3 is 2.79 bits per heavy atom. The fourth-order valence-electron chi connectivity index (χ4n) is 1.40. The van der Waals surface area contributed by atoms with Gasteiger partial charge in [-0.05, 0) is 26.8 Å². The summed E-state index contributed by atoms with van der Waals surface area (Å²) in [6.07, 6.45) is 1.58. The monoisotopic (exact) mass is 281 g/mol. The Morgan fingerprint density at radius 2 is 2.16 bits per heavy atom. The highest BCUT2D eigenvalue weighted by Crippen LogP contribution is 2.21. The van der Waals surface area contributed by atoms with E-state index < -0.39 is 0 Å². The molecule has 2 N–H and O–H groups in total. The summed E-state index contributed by atoms with van der Waals surface area (Å²) < 4.78 is 14.2. The average molecular weight is 281 g/mol. The van der Waals surface area contributed by atoms with Gasteiger partial charge in [-0.25, -0.2) is 9.37 Å². The van der Waals surface area contributed by atoms with Crippen molar-refractivity contribution in [2.75, 3.05) is 5.32 Å². The van der Waals surface area contributed by atoms with Gasteiger partial charge in [-0.15, -0.1) is 10.2 Å². The SMILES string of the molecule is CC(C)(C)NCc1ccnc(Nc2nncs2)c1F. The maximum atomic E-state index is 14.2. The molecule has 0 saturated heterocycles. The van der Waals surface area contributed by atoms with Crippen LogP contribution >= 0.6 is 11.3 Å². The maximum Gasteiger partial charge on any atom is 0.211 e. The van der Waals surface area contributed by atoms with Crippen LogP contribution in [0.3, 0.4) is 0 Å². The van der Waals surface area contributed by atoms with Crippen LogP contribution in [0.5, 0.6) is 0 Å². The van der Waals surface area contributed by atoms with Gasteiger partial charge in [0.15, 0.2) is 11.6 Å². The minimum Gasteiger partial charge on any atom is -0.312 e. The van der Waals surface area contributed by atoms with E-state index in [1.807, 2.05) is 20.8 Å². The molecule has 0 spiro atoms. The van der Waals surface area contributed by atoms with Gasteiger partial charge in [0.25, 0.3) is 0 Å². The van der Waals surface area contributed by atoms with E-state index in [0.29, 0.717) is 17.2 Å². The third kappa shape index (κ3) is 3.93. The van der Waals surface area contributed by atoms with Gasteiger partial charge in [0.1, 0.15) is 5.51 Å². The summed E-state index contributed by atoms with van der Waals surface area (Å²) in [5, 5.41) is 14.1. The highest BCUT2D eigenvalue weighted by atomic mass is 32.1. The number of aromatic nitrogens is 3. The quantitative estimate of drug-likeness (QED) is 0.902. The third-order valence-electron chi connectivity index (χ3n) is 2.36.